The Morgan fingerprint density at radius 2 is 1.35 bits per heavy atom. The first-order chi connectivity index (χ1) is 35.5. The molecule has 11 atom stereocenters. The average molecular weight is 1200 g/mol. The molecule has 0 radical (unpaired) electrons. The molecule has 1 unspecified atom stereocenters. The number of halogens is 6. The fourth-order valence-corrected chi connectivity index (χ4v) is 11.0. The van der Waals surface area contributed by atoms with E-state index in [1.807, 2.05) is 0 Å². The first-order valence-corrected chi connectivity index (χ1v) is 26.1. The first kappa shape index (κ1) is 61.4. The van der Waals surface area contributed by atoms with Gasteiger partial charge in [0.05, 0.1) is 23.5 Å². The van der Waals surface area contributed by atoms with Gasteiger partial charge in [-0.05, 0) is 63.5 Å². The number of carbonyl (C=O) groups is 8. The van der Waals surface area contributed by atoms with Crippen molar-refractivity contribution in [3.8, 4) is 0 Å². The van der Waals surface area contributed by atoms with E-state index in [2.05, 4.69) is 5.32 Å². The number of aliphatic hydroxyl groups is 1. The molecule has 2 aromatic rings. The van der Waals surface area contributed by atoms with Crippen LogP contribution in [0.2, 0.25) is 0 Å². The van der Waals surface area contributed by atoms with Crippen LogP contribution >= 0.6 is 69.6 Å². The smallest absolute Gasteiger partial charge is 0.455 e. The highest BCUT2D eigenvalue weighted by Gasteiger charge is 2.79. The Kier molecular flexibility index (Phi) is 18.4. The maximum absolute atomic E-state index is 16.4. The van der Waals surface area contributed by atoms with E-state index in [0.29, 0.717) is 0 Å². The molecule has 0 aromatic heterocycles. The molecule has 1 amide bonds. The minimum atomic E-state index is -2.69. The predicted molar refractivity (Wildman–Crippen MR) is 274 cm³/mol. The van der Waals surface area contributed by atoms with Crippen LogP contribution in [0, 0.1) is 16.7 Å². The molecule has 26 heteroatoms. The zero-order chi connectivity index (χ0) is 57.4. The van der Waals surface area contributed by atoms with Crippen molar-refractivity contribution in [1.29, 1.82) is 0 Å². The molecule has 4 aliphatic rings. The molecule has 1 saturated heterocycles. The second-order valence-corrected chi connectivity index (χ2v) is 25.7. The van der Waals surface area contributed by atoms with E-state index in [1.165, 1.54) is 64.1 Å². The number of carbonyl (C=O) groups excluding carboxylic acids is 8. The van der Waals surface area contributed by atoms with E-state index in [-0.39, 0.29) is 22.3 Å². The number of alkyl halides is 6. The van der Waals surface area contributed by atoms with Crippen molar-refractivity contribution in [1.82, 2.24) is 5.32 Å². The molecule has 2 aromatic carbocycles. The predicted octanol–water partition coefficient (Wildman–Crippen LogP) is 8.89. The number of Topliss-reactive ketones (excluding diaryl/α,β-unsaturated/α-hetero) is 1. The van der Waals surface area contributed by atoms with E-state index >= 15 is 9.59 Å². The van der Waals surface area contributed by atoms with Crippen LogP contribution in [0.1, 0.15) is 97.1 Å². The molecule has 3 fully saturated rings. The summed E-state index contributed by atoms with van der Waals surface area (Å²) in [4.78, 5) is 114. The monoisotopic (exact) mass is 1200 g/mol. The molecule has 20 nitrogen and oxygen atoms in total. The lowest BCUT2D eigenvalue weighted by molar-refractivity contribution is -0.346. The number of amides is 1. The highest BCUT2D eigenvalue weighted by atomic mass is 35.6. The SMILES string of the molecule is CC(=O)OC(C(=O)O[C@H]1C[C@@]2(O)[C@@H](OC(=O)c3ccccc3)[C@@H]3[C@]4(OC(C)=O)CO[C@@H]4C[C@H](OC(=O)OCC(Cl)(Cl)Cl)[C@@]3(C)C(=O)[C@H](OC(=O)OCC(Cl)(Cl)Cl)C(=C1C)C2(C)C)[C@@H](NC(=O)OC(C)(C)C)c1ccccc1. The number of ether oxygens (including phenoxy) is 10. The zero-order valence-corrected chi connectivity index (χ0v) is 47.5. The standard InChI is InChI=1S/C51H57Cl6NO19/c1-25-30(72-41(63)36(71-26(2)59)34(28-16-12-10-13-17-28)58-42(64)77-45(4,5)6)21-49(67)39(75-40(62)29-18-14-11-15-19-29)37-47(9,38(61)35(33(25)46(49,7)8)74-44(66)70-24-51(55,56)57)31(73-43(65)69-23-50(52,53)54)20-32-48(37,22-68-32)76-27(3)60/h10-19,30-32,34-37,39,67H,20-24H2,1-9H3,(H,58,64)/t30-,31-,32+,34-,35+,36?,37-,39-,47+,48-,49+/m0/s1. The Labute approximate surface area is 473 Å². The van der Waals surface area contributed by atoms with Crippen LogP contribution < -0.4 is 5.32 Å². The number of hydrogen-bond donors (Lipinski definition) is 2. The molecule has 77 heavy (non-hydrogen) atoms. The van der Waals surface area contributed by atoms with E-state index in [0.717, 1.165) is 13.8 Å². The van der Waals surface area contributed by atoms with Crippen LogP contribution in [0.5, 0.6) is 0 Å². The highest BCUT2D eigenvalue weighted by molar-refractivity contribution is 6.68. The van der Waals surface area contributed by atoms with Gasteiger partial charge in [0.2, 0.25) is 13.7 Å². The van der Waals surface area contributed by atoms with Gasteiger partial charge in [0, 0.05) is 32.1 Å². The topological polar surface area (TPSA) is 261 Å². The lowest BCUT2D eigenvalue weighted by Gasteiger charge is -2.67. The summed E-state index contributed by atoms with van der Waals surface area (Å²) >= 11 is 35.5. The fraction of sp³-hybridized carbons (Fsp3) is 0.569. The van der Waals surface area contributed by atoms with Crippen molar-refractivity contribution in [3.05, 3.63) is 82.9 Å². The Morgan fingerprint density at radius 3 is 1.86 bits per heavy atom. The Bertz CT molecular complexity index is 2640. The largest absolute Gasteiger partial charge is 0.509 e. The van der Waals surface area contributed by atoms with Gasteiger partial charge in [-0.2, -0.15) is 0 Å². The summed E-state index contributed by atoms with van der Waals surface area (Å²) in [5.74, 6) is -7.39. The van der Waals surface area contributed by atoms with Crippen LogP contribution in [0.15, 0.2) is 71.8 Å². The van der Waals surface area contributed by atoms with E-state index in [1.54, 1.807) is 45.0 Å². The van der Waals surface area contributed by atoms with Crippen LogP contribution in [-0.2, 0) is 66.5 Å². The second-order valence-electron chi connectivity index (χ2n) is 20.7. The fourth-order valence-electron chi connectivity index (χ4n) is 10.6. The van der Waals surface area contributed by atoms with Gasteiger partial charge in [-0.15, -0.1) is 0 Å². The minimum absolute atomic E-state index is 0.0661. The van der Waals surface area contributed by atoms with Gasteiger partial charge < -0.3 is 57.8 Å². The van der Waals surface area contributed by atoms with E-state index in [9.17, 15) is 33.9 Å². The molecule has 2 bridgehead atoms. The normalized spacial score (nSPS) is 28.4. The number of benzene rings is 2. The van der Waals surface area contributed by atoms with Crippen molar-refractivity contribution < 1.29 is 90.8 Å². The van der Waals surface area contributed by atoms with Gasteiger partial charge in [-0.25, -0.2) is 24.0 Å². The van der Waals surface area contributed by atoms with Gasteiger partial charge in [0.1, 0.15) is 54.9 Å². The lowest BCUT2D eigenvalue weighted by Crippen LogP contribution is -2.82. The third-order valence-corrected chi connectivity index (χ3v) is 14.6. The van der Waals surface area contributed by atoms with Crippen LogP contribution in [-0.4, -0.2) is 134 Å². The first-order valence-electron chi connectivity index (χ1n) is 23.8. The highest BCUT2D eigenvalue weighted by Crippen LogP contribution is 2.65. The van der Waals surface area contributed by atoms with Crippen molar-refractivity contribution in [2.24, 2.45) is 16.7 Å². The van der Waals surface area contributed by atoms with Gasteiger partial charge in [-0.3, -0.25) is 14.4 Å². The molecule has 0 spiro atoms. The molecule has 422 valence electrons. The van der Waals surface area contributed by atoms with Crippen molar-refractivity contribution in [2.75, 3.05) is 19.8 Å². The zero-order valence-electron chi connectivity index (χ0n) is 43.0. The summed E-state index contributed by atoms with van der Waals surface area (Å²) in [5, 5.41) is 16.7. The van der Waals surface area contributed by atoms with Crippen molar-refractivity contribution in [2.45, 2.75) is 142 Å². The van der Waals surface area contributed by atoms with Crippen LogP contribution in [0.4, 0.5) is 14.4 Å². The number of hydrogen-bond acceptors (Lipinski definition) is 19. The number of nitrogens with one attached hydrogen (secondary N) is 1. The van der Waals surface area contributed by atoms with Gasteiger partial charge >= 0.3 is 42.3 Å². The average Bonchev–Trinajstić information content (AvgIpc) is 3.31. The third kappa shape index (κ3) is 13.5. The third-order valence-electron chi connectivity index (χ3n) is 13.9. The van der Waals surface area contributed by atoms with Crippen molar-refractivity contribution >= 4 is 118 Å². The van der Waals surface area contributed by atoms with Crippen LogP contribution in [0.3, 0.4) is 0 Å². The molecule has 6 rings (SSSR count). The minimum Gasteiger partial charge on any atom is -0.455 e. The maximum atomic E-state index is 16.4. The number of esters is 4. The Hall–Kier alpha value is -4.80. The Morgan fingerprint density at radius 1 is 0.792 bits per heavy atom. The molecular formula is C51H57Cl6NO19. The molecule has 2 saturated carbocycles. The molecular weight excluding hydrogens is 1140 g/mol. The summed E-state index contributed by atoms with van der Waals surface area (Å²) < 4.78 is 53.9. The summed E-state index contributed by atoms with van der Waals surface area (Å²) in [6.45, 7) is 10.0. The second kappa shape index (κ2) is 23.1. The number of fused-ring (bicyclic) bond motifs is 5. The van der Waals surface area contributed by atoms with Crippen molar-refractivity contribution in [3.63, 3.8) is 0 Å². The molecule has 3 aliphatic carbocycles. The summed E-state index contributed by atoms with van der Waals surface area (Å²) in [6, 6.07) is 13.8. The Balaban J connectivity index is 1.64. The molecule has 1 aliphatic heterocycles. The number of ketones is 1. The number of rotatable bonds is 13. The van der Waals surface area contributed by atoms with Crippen LogP contribution in [0.25, 0.3) is 0 Å². The van der Waals surface area contributed by atoms with Gasteiger partial charge in [0.15, 0.2) is 17.5 Å². The quantitative estimate of drug-likeness (QED) is 0.0820. The summed E-state index contributed by atoms with van der Waals surface area (Å²) in [5.41, 5.74) is -10.4. The van der Waals surface area contributed by atoms with E-state index in [4.69, 9.17) is 117 Å². The molecule has 2 N–H and O–H groups in total. The lowest BCUT2D eigenvalue weighted by atomic mass is 9.44. The summed E-state index contributed by atoms with van der Waals surface area (Å²) in [6.07, 6.45) is -16.6. The summed E-state index contributed by atoms with van der Waals surface area (Å²) in [7, 11) is 0. The molecule has 1 heterocycles. The van der Waals surface area contributed by atoms with E-state index < -0.39 is 165 Å². The maximum Gasteiger partial charge on any atom is 0.509 e. The van der Waals surface area contributed by atoms with Gasteiger partial charge in [-0.1, -0.05) is 132 Å². The van der Waals surface area contributed by atoms with Gasteiger partial charge in [0.25, 0.3) is 0 Å². The number of alkyl carbamates (subject to hydrolysis) is 1.